The van der Waals surface area contributed by atoms with Crippen LogP contribution in [0.25, 0.3) is 0 Å². The van der Waals surface area contributed by atoms with Crippen LogP contribution in [-0.4, -0.2) is 19.6 Å². The maximum Gasteiger partial charge on any atom is 0.305 e. The fraction of sp³-hybridized carbons (Fsp3) is 0.533. The van der Waals surface area contributed by atoms with E-state index in [1.54, 1.807) is 0 Å². The van der Waals surface area contributed by atoms with E-state index in [2.05, 4.69) is 49.0 Å². The van der Waals surface area contributed by atoms with Gasteiger partial charge >= 0.3 is 5.97 Å². The summed E-state index contributed by atoms with van der Waals surface area (Å²) in [5.74, 6) is -0.143. The molecule has 1 aromatic rings. The van der Waals surface area contributed by atoms with Gasteiger partial charge in [0, 0.05) is 12.5 Å². The van der Waals surface area contributed by atoms with Crippen LogP contribution >= 0.6 is 0 Å². The molecule has 0 spiro atoms. The molecule has 1 N–H and O–H groups in total. The average Bonchev–Trinajstić information content (AvgIpc) is 2.32. The van der Waals surface area contributed by atoms with Gasteiger partial charge in [0.25, 0.3) is 0 Å². The van der Waals surface area contributed by atoms with Crippen LogP contribution in [0.1, 0.15) is 42.5 Å². The van der Waals surface area contributed by atoms with Gasteiger partial charge in [-0.3, -0.25) is 4.79 Å². The van der Waals surface area contributed by atoms with Crippen molar-refractivity contribution in [2.24, 2.45) is 0 Å². The van der Waals surface area contributed by atoms with E-state index in [0.717, 1.165) is 13.0 Å². The lowest BCUT2D eigenvalue weighted by Gasteiger charge is -2.15. The van der Waals surface area contributed by atoms with Gasteiger partial charge in [-0.15, -0.1) is 0 Å². The standard InChI is InChI=1S/C15H23NO2/c1-11-8-12(2)10-14(9-11)13(3)16-7-5-6-15(17)18-4/h8-10,13,16H,5-7H2,1-4H3. The summed E-state index contributed by atoms with van der Waals surface area (Å²) in [7, 11) is 1.42. The SMILES string of the molecule is COC(=O)CCCNC(C)c1cc(C)cc(C)c1. The van der Waals surface area contributed by atoms with Gasteiger partial charge in [0.2, 0.25) is 0 Å². The van der Waals surface area contributed by atoms with E-state index in [1.165, 1.54) is 23.8 Å². The summed E-state index contributed by atoms with van der Waals surface area (Å²) in [5.41, 5.74) is 3.87. The lowest BCUT2D eigenvalue weighted by Crippen LogP contribution is -2.20. The van der Waals surface area contributed by atoms with Crippen LogP contribution in [0.15, 0.2) is 18.2 Å². The van der Waals surface area contributed by atoms with Crippen LogP contribution in [0.2, 0.25) is 0 Å². The van der Waals surface area contributed by atoms with Crippen LogP contribution in [0, 0.1) is 13.8 Å². The molecule has 0 aliphatic rings. The first-order valence-corrected chi connectivity index (χ1v) is 6.41. The molecule has 0 aliphatic heterocycles. The van der Waals surface area contributed by atoms with Gasteiger partial charge in [-0.05, 0) is 39.3 Å². The molecule has 1 rings (SSSR count). The van der Waals surface area contributed by atoms with E-state index < -0.39 is 0 Å². The number of rotatable bonds is 6. The van der Waals surface area contributed by atoms with Crippen molar-refractivity contribution >= 4 is 5.97 Å². The van der Waals surface area contributed by atoms with Crippen molar-refractivity contribution in [2.45, 2.75) is 39.7 Å². The summed E-state index contributed by atoms with van der Waals surface area (Å²) < 4.78 is 4.61. The smallest absolute Gasteiger partial charge is 0.305 e. The van der Waals surface area contributed by atoms with Gasteiger partial charge in [0.05, 0.1) is 7.11 Å². The quantitative estimate of drug-likeness (QED) is 0.622. The number of aryl methyl sites for hydroxylation is 2. The first-order valence-electron chi connectivity index (χ1n) is 6.41. The summed E-state index contributed by atoms with van der Waals surface area (Å²) in [6, 6.07) is 6.88. The fourth-order valence-corrected chi connectivity index (χ4v) is 2.03. The first-order chi connectivity index (χ1) is 8.52. The number of esters is 1. The maximum absolute atomic E-state index is 11.0. The molecule has 100 valence electrons. The zero-order chi connectivity index (χ0) is 13.5. The molecule has 18 heavy (non-hydrogen) atoms. The number of carbonyl (C=O) groups excluding carboxylic acids is 1. The molecule has 3 nitrogen and oxygen atoms in total. The molecule has 1 unspecified atom stereocenters. The van der Waals surface area contributed by atoms with Crippen LogP contribution in [-0.2, 0) is 9.53 Å². The average molecular weight is 249 g/mol. The third-order valence-corrected chi connectivity index (χ3v) is 2.98. The largest absolute Gasteiger partial charge is 0.469 e. The number of carbonyl (C=O) groups is 1. The molecular formula is C15H23NO2. The van der Waals surface area contributed by atoms with Crippen molar-refractivity contribution in [3.63, 3.8) is 0 Å². The second-order valence-corrected chi connectivity index (χ2v) is 4.78. The Balaban J connectivity index is 2.40. The molecule has 0 bridgehead atoms. The Hall–Kier alpha value is -1.35. The van der Waals surface area contributed by atoms with Gasteiger partial charge in [0.15, 0.2) is 0 Å². The Morgan fingerprint density at radius 1 is 1.28 bits per heavy atom. The van der Waals surface area contributed by atoms with Crippen LogP contribution < -0.4 is 5.32 Å². The highest BCUT2D eigenvalue weighted by Gasteiger charge is 2.06. The molecule has 0 aromatic heterocycles. The summed E-state index contributed by atoms with van der Waals surface area (Å²) >= 11 is 0. The van der Waals surface area contributed by atoms with E-state index >= 15 is 0 Å². The van der Waals surface area contributed by atoms with E-state index in [0.29, 0.717) is 12.5 Å². The monoisotopic (exact) mass is 249 g/mol. The van der Waals surface area contributed by atoms with E-state index in [-0.39, 0.29) is 5.97 Å². The normalized spacial score (nSPS) is 12.2. The molecular weight excluding hydrogens is 226 g/mol. The summed E-state index contributed by atoms with van der Waals surface area (Å²) in [4.78, 5) is 11.0. The minimum Gasteiger partial charge on any atom is -0.469 e. The van der Waals surface area contributed by atoms with Crippen molar-refractivity contribution in [3.05, 3.63) is 34.9 Å². The molecule has 0 aliphatic carbocycles. The summed E-state index contributed by atoms with van der Waals surface area (Å²) in [5, 5.41) is 3.43. The Morgan fingerprint density at radius 3 is 2.44 bits per heavy atom. The van der Waals surface area contributed by atoms with Crippen LogP contribution in [0.5, 0.6) is 0 Å². The molecule has 0 amide bonds. The number of hydrogen-bond acceptors (Lipinski definition) is 3. The minimum atomic E-state index is -0.143. The van der Waals surface area contributed by atoms with Gasteiger partial charge < -0.3 is 10.1 Å². The zero-order valence-corrected chi connectivity index (χ0v) is 11.7. The highest BCUT2D eigenvalue weighted by Crippen LogP contribution is 2.16. The van der Waals surface area contributed by atoms with E-state index in [1.807, 2.05) is 0 Å². The Bertz CT molecular complexity index is 381. The number of methoxy groups -OCH3 is 1. The predicted molar refractivity (Wildman–Crippen MR) is 73.6 cm³/mol. The Kier molecular flexibility index (Phi) is 5.86. The Morgan fingerprint density at radius 2 is 1.89 bits per heavy atom. The molecule has 0 saturated carbocycles. The van der Waals surface area contributed by atoms with E-state index in [9.17, 15) is 4.79 Å². The second-order valence-electron chi connectivity index (χ2n) is 4.78. The van der Waals surface area contributed by atoms with Crippen LogP contribution in [0.4, 0.5) is 0 Å². The lowest BCUT2D eigenvalue weighted by atomic mass is 10.0. The lowest BCUT2D eigenvalue weighted by molar-refractivity contribution is -0.140. The number of benzene rings is 1. The first kappa shape index (κ1) is 14.7. The van der Waals surface area contributed by atoms with Crippen LogP contribution in [0.3, 0.4) is 0 Å². The van der Waals surface area contributed by atoms with Crippen molar-refractivity contribution in [1.29, 1.82) is 0 Å². The Labute approximate surface area is 110 Å². The van der Waals surface area contributed by atoms with E-state index in [4.69, 9.17) is 0 Å². The van der Waals surface area contributed by atoms with Gasteiger partial charge in [-0.1, -0.05) is 29.3 Å². The van der Waals surface area contributed by atoms with Gasteiger partial charge in [-0.2, -0.15) is 0 Å². The van der Waals surface area contributed by atoms with Crippen molar-refractivity contribution in [3.8, 4) is 0 Å². The molecule has 0 fully saturated rings. The molecule has 1 aromatic carbocycles. The topological polar surface area (TPSA) is 38.3 Å². The number of nitrogens with one attached hydrogen (secondary N) is 1. The third-order valence-electron chi connectivity index (χ3n) is 2.98. The van der Waals surface area contributed by atoms with Crippen molar-refractivity contribution < 1.29 is 9.53 Å². The third kappa shape index (κ3) is 4.88. The molecule has 0 saturated heterocycles. The summed E-state index contributed by atoms with van der Waals surface area (Å²) in [6.07, 6.45) is 1.28. The predicted octanol–water partition coefficient (Wildman–Crippen LogP) is 2.91. The minimum absolute atomic E-state index is 0.143. The zero-order valence-electron chi connectivity index (χ0n) is 11.7. The van der Waals surface area contributed by atoms with Gasteiger partial charge in [-0.25, -0.2) is 0 Å². The molecule has 0 radical (unpaired) electrons. The van der Waals surface area contributed by atoms with Gasteiger partial charge in [0.1, 0.15) is 0 Å². The number of hydrogen-bond donors (Lipinski definition) is 1. The molecule has 3 heteroatoms. The van der Waals surface area contributed by atoms with Crippen molar-refractivity contribution in [1.82, 2.24) is 5.32 Å². The summed E-state index contributed by atoms with van der Waals surface area (Å²) in [6.45, 7) is 7.19. The fourth-order valence-electron chi connectivity index (χ4n) is 2.03. The number of ether oxygens (including phenoxy) is 1. The second kappa shape index (κ2) is 7.17. The van der Waals surface area contributed by atoms with Crippen molar-refractivity contribution in [2.75, 3.05) is 13.7 Å². The highest BCUT2D eigenvalue weighted by atomic mass is 16.5. The molecule has 0 heterocycles. The highest BCUT2D eigenvalue weighted by molar-refractivity contribution is 5.69. The maximum atomic E-state index is 11.0. The molecule has 1 atom stereocenters.